The highest BCUT2D eigenvalue weighted by atomic mass is 79.9. The molecule has 3 aromatic rings. The van der Waals surface area contributed by atoms with E-state index in [-0.39, 0.29) is 5.91 Å². The molecule has 2 aromatic heterocycles. The summed E-state index contributed by atoms with van der Waals surface area (Å²) in [5, 5.41) is 13.9. The van der Waals surface area contributed by atoms with Gasteiger partial charge >= 0.3 is 0 Å². The predicted octanol–water partition coefficient (Wildman–Crippen LogP) is 2.40. The van der Waals surface area contributed by atoms with Crippen LogP contribution in [0.5, 0.6) is 0 Å². The molecule has 1 aromatic carbocycles. The van der Waals surface area contributed by atoms with Gasteiger partial charge in [-0.25, -0.2) is 4.68 Å². The van der Waals surface area contributed by atoms with Crippen LogP contribution >= 0.6 is 28.1 Å². The average Bonchev–Trinajstić information content (AvgIpc) is 3.15. The molecule has 124 valence electrons. The van der Waals surface area contributed by atoms with Crippen molar-refractivity contribution < 1.29 is 4.79 Å². The summed E-state index contributed by atoms with van der Waals surface area (Å²) >= 11 is 8.41. The lowest BCUT2D eigenvalue weighted by Gasteiger charge is -2.06. The van der Waals surface area contributed by atoms with E-state index in [2.05, 4.69) is 36.5 Å². The van der Waals surface area contributed by atoms with Gasteiger partial charge in [-0.3, -0.25) is 9.89 Å². The fraction of sp³-hybridized carbons (Fsp3) is 0.200. The number of hydrogen-bond acceptors (Lipinski definition) is 4. The van der Waals surface area contributed by atoms with Gasteiger partial charge in [0.1, 0.15) is 5.82 Å². The predicted molar refractivity (Wildman–Crippen MR) is 95.7 cm³/mol. The van der Waals surface area contributed by atoms with Crippen molar-refractivity contribution in [3.8, 4) is 5.69 Å². The van der Waals surface area contributed by atoms with E-state index in [9.17, 15) is 4.79 Å². The van der Waals surface area contributed by atoms with E-state index in [1.54, 1.807) is 27.6 Å². The van der Waals surface area contributed by atoms with Crippen molar-refractivity contribution in [1.82, 2.24) is 29.9 Å². The number of hydrogen-bond donors (Lipinski definition) is 2. The van der Waals surface area contributed by atoms with E-state index in [1.807, 2.05) is 25.4 Å². The summed E-state index contributed by atoms with van der Waals surface area (Å²) in [6, 6.07) is 7.25. The lowest BCUT2D eigenvalue weighted by molar-refractivity contribution is 0.0954. The van der Waals surface area contributed by atoms with Crippen molar-refractivity contribution in [3.63, 3.8) is 0 Å². The molecule has 7 nitrogen and oxygen atoms in total. The molecule has 0 radical (unpaired) electrons. The van der Waals surface area contributed by atoms with Gasteiger partial charge in [-0.05, 0) is 52.4 Å². The van der Waals surface area contributed by atoms with Crippen molar-refractivity contribution in [2.24, 2.45) is 7.05 Å². The summed E-state index contributed by atoms with van der Waals surface area (Å²) < 4.78 is 4.99. The maximum Gasteiger partial charge on any atom is 0.251 e. The van der Waals surface area contributed by atoms with Gasteiger partial charge in [0.15, 0.2) is 4.77 Å². The van der Waals surface area contributed by atoms with E-state index < -0.39 is 0 Å². The standard InChI is InChI=1S/C15H15BrN6OS/c1-21-13(19-20-15(21)24)6-7-17-14(23)10-2-4-12(5-3-10)22-9-11(16)8-18-22/h2-5,8-9H,6-7H2,1H3,(H,17,23)(H,20,24). The molecule has 0 fully saturated rings. The third kappa shape index (κ3) is 3.62. The summed E-state index contributed by atoms with van der Waals surface area (Å²) in [6.45, 7) is 0.486. The normalized spacial score (nSPS) is 10.8. The molecule has 0 spiro atoms. The van der Waals surface area contributed by atoms with E-state index in [0.717, 1.165) is 16.0 Å². The van der Waals surface area contributed by atoms with Gasteiger partial charge in [-0.15, -0.1) is 0 Å². The summed E-state index contributed by atoms with van der Waals surface area (Å²) in [5.74, 6) is 0.680. The quantitative estimate of drug-likeness (QED) is 0.637. The Morgan fingerprint density at radius 1 is 1.38 bits per heavy atom. The number of aromatic amines is 1. The van der Waals surface area contributed by atoms with E-state index >= 15 is 0 Å². The van der Waals surface area contributed by atoms with Gasteiger partial charge < -0.3 is 9.88 Å². The molecule has 0 aliphatic carbocycles. The lowest BCUT2D eigenvalue weighted by Crippen LogP contribution is -2.26. The molecule has 2 heterocycles. The van der Waals surface area contributed by atoms with Crippen LogP contribution in [0.3, 0.4) is 0 Å². The first-order valence-electron chi connectivity index (χ1n) is 7.23. The molecular weight excluding hydrogens is 392 g/mol. The van der Waals surface area contributed by atoms with Gasteiger partial charge in [-0.2, -0.15) is 10.2 Å². The molecule has 0 atom stereocenters. The third-order valence-corrected chi connectivity index (χ3v) is 4.33. The number of nitrogens with one attached hydrogen (secondary N) is 2. The molecule has 0 saturated heterocycles. The molecule has 2 N–H and O–H groups in total. The summed E-state index contributed by atoms with van der Waals surface area (Å²) in [7, 11) is 1.84. The molecule has 24 heavy (non-hydrogen) atoms. The van der Waals surface area contributed by atoms with Crippen molar-refractivity contribution in [2.45, 2.75) is 6.42 Å². The Morgan fingerprint density at radius 3 is 2.71 bits per heavy atom. The minimum atomic E-state index is -0.125. The first kappa shape index (κ1) is 16.6. The molecule has 3 rings (SSSR count). The molecular formula is C15H15BrN6OS. The van der Waals surface area contributed by atoms with Crippen LogP contribution < -0.4 is 5.32 Å². The highest BCUT2D eigenvalue weighted by molar-refractivity contribution is 9.10. The molecule has 0 saturated carbocycles. The Balaban J connectivity index is 1.59. The number of rotatable bonds is 5. The molecule has 9 heteroatoms. The topological polar surface area (TPSA) is 80.5 Å². The largest absolute Gasteiger partial charge is 0.352 e. The van der Waals surface area contributed by atoms with Crippen LogP contribution in [0.2, 0.25) is 0 Å². The average molecular weight is 407 g/mol. The Hall–Kier alpha value is -2.26. The first-order chi connectivity index (χ1) is 11.5. The number of halogens is 1. The van der Waals surface area contributed by atoms with Crippen LogP contribution in [0.4, 0.5) is 0 Å². The second-order valence-corrected chi connectivity index (χ2v) is 6.46. The van der Waals surface area contributed by atoms with E-state index in [1.165, 1.54) is 0 Å². The van der Waals surface area contributed by atoms with Crippen molar-refractivity contribution in [3.05, 3.63) is 57.3 Å². The SMILES string of the molecule is Cn1c(CCNC(=O)c2ccc(-n3cc(Br)cn3)cc2)n[nH]c1=S. The lowest BCUT2D eigenvalue weighted by atomic mass is 10.2. The zero-order chi connectivity index (χ0) is 17.1. The summed E-state index contributed by atoms with van der Waals surface area (Å²) in [6.07, 6.45) is 4.17. The number of aromatic nitrogens is 5. The minimum Gasteiger partial charge on any atom is -0.352 e. The van der Waals surface area contributed by atoms with Gasteiger partial charge in [0.05, 0.1) is 16.4 Å². The summed E-state index contributed by atoms with van der Waals surface area (Å²) in [5.41, 5.74) is 1.49. The highest BCUT2D eigenvalue weighted by Crippen LogP contribution is 2.13. The minimum absolute atomic E-state index is 0.125. The number of carbonyl (C=O) groups excluding carboxylic acids is 1. The Bertz CT molecular complexity index is 911. The molecule has 0 aliphatic rings. The van der Waals surface area contributed by atoms with Crippen molar-refractivity contribution >= 4 is 34.1 Å². The van der Waals surface area contributed by atoms with E-state index in [0.29, 0.717) is 23.3 Å². The molecule has 1 amide bonds. The molecule has 0 aliphatic heterocycles. The number of nitrogens with zero attached hydrogens (tertiary/aromatic N) is 4. The molecule has 0 bridgehead atoms. The van der Waals surface area contributed by atoms with E-state index in [4.69, 9.17) is 12.2 Å². The van der Waals surface area contributed by atoms with Gasteiger partial charge in [0, 0.05) is 31.8 Å². The zero-order valence-corrected chi connectivity index (χ0v) is 15.3. The van der Waals surface area contributed by atoms with Crippen molar-refractivity contribution in [2.75, 3.05) is 6.54 Å². The Labute approximate surface area is 151 Å². The van der Waals surface area contributed by atoms with Crippen LogP contribution in [0.1, 0.15) is 16.2 Å². The second-order valence-electron chi connectivity index (χ2n) is 5.16. The number of H-pyrrole nitrogens is 1. The van der Waals surface area contributed by atoms with Crippen LogP contribution in [0.25, 0.3) is 5.69 Å². The monoisotopic (exact) mass is 406 g/mol. The number of benzene rings is 1. The smallest absolute Gasteiger partial charge is 0.251 e. The Kier molecular flexibility index (Phi) is 4.91. The van der Waals surface area contributed by atoms with Crippen LogP contribution in [0, 0.1) is 4.77 Å². The maximum absolute atomic E-state index is 12.2. The zero-order valence-electron chi connectivity index (χ0n) is 12.9. The first-order valence-corrected chi connectivity index (χ1v) is 8.44. The summed E-state index contributed by atoms with van der Waals surface area (Å²) in [4.78, 5) is 12.2. The fourth-order valence-electron chi connectivity index (χ4n) is 2.20. The van der Waals surface area contributed by atoms with Crippen LogP contribution in [0.15, 0.2) is 41.1 Å². The fourth-order valence-corrected chi connectivity index (χ4v) is 2.64. The molecule has 0 unspecified atom stereocenters. The van der Waals surface area contributed by atoms with Gasteiger partial charge in [0.2, 0.25) is 0 Å². The van der Waals surface area contributed by atoms with Crippen molar-refractivity contribution in [1.29, 1.82) is 0 Å². The Morgan fingerprint density at radius 2 is 2.12 bits per heavy atom. The maximum atomic E-state index is 12.2. The number of amides is 1. The van der Waals surface area contributed by atoms with Gasteiger partial charge in [0.25, 0.3) is 5.91 Å². The number of carbonyl (C=O) groups is 1. The third-order valence-electron chi connectivity index (χ3n) is 3.55. The van der Waals surface area contributed by atoms with Crippen LogP contribution in [-0.2, 0) is 13.5 Å². The van der Waals surface area contributed by atoms with Crippen LogP contribution in [-0.4, -0.2) is 37.0 Å². The second kappa shape index (κ2) is 7.10. The van der Waals surface area contributed by atoms with Gasteiger partial charge in [-0.1, -0.05) is 0 Å². The highest BCUT2D eigenvalue weighted by Gasteiger charge is 2.07.